The SMILES string of the molecule is ONc1ccc(SCc2ccc(F)cc2)cc1. The van der Waals surface area contributed by atoms with E-state index in [1.54, 1.807) is 36.0 Å². The Morgan fingerprint density at radius 2 is 1.65 bits per heavy atom. The van der Waals surface area contributed by atoms with Crippen molar-refractivity contribution < 1.29 is 9.60 Å². The summed E-state index contributed by atoms with van der Waals surface area (Å²) in [5.41, 5.74) is 3.83. The molecule has 0 saturated carbocycles. The standard InChI is InChI=1S/C13H12FNOS/c14-11-3-1-10(2-4-11)9-17-13-7-5-12(15-16)6-8-13/h1-8,15-16H,9H2. The molecule has 0 unspecified atom stereocenters. The lowest BCUT2D eigenvalue weighted by Crippen LogP contribution is -1.87. The first-order chi connectivity index (χ1) is 8.28. The van der Waals surface area contributed by atoms with Gasteiger partial charge in [-0.3, -0.25) is 10.7 Å². The van der Waals surface area contributed by atoms with E-state index in [1.807, 2.05) is 12.1 Å². The summed E-state index contributed by atoms with van der Waals surface area (Å²) in [6.45, 7) is 0. The van der Waals surface area contributed by atoms with Crippen LogP contribution in [0.5, 0.6) is 0 Å². The van der Waals surface area contributed by atoms with Gasteiger partial charge in [-0.25, -0.2) is 4.39 Å². The van der Waals surface area contributed by atoms with Crippen molar-refractivity contribution in [3.8, 4) is 0 Å². The third-order valence-electron chi connectivity index (χ3n) is 2.30. The lowest BCUT2D eigenvalue weighted by Gasteiger charge is -2.03. The Balaban J connectivity index is 1.95. The molecule has 0 bridgehead atoms. The largest absolute Gasteiger partial charge is 0.291 e. The summed E-state index contributed by atoms with van der Waals surface area (Å²) in [5, 5.41) is 8.67. The first kappa shape index (κ1) is 12.0. The molecular weight excluding hydrogens is 237 g/mol. The molecule has 2 nitrogen and oxygen atoms in total. The van der Waals surface area contributed by atoms with E-state index in [4.69, 9.17) is 5.21 Å². The zero-order valence-corrected chi connectivity index (χ0v) is 9.88. The molecule has 0 aliphatic carbocycles. The number of nitrogens with one attached hydrogen (secondary N) is 1. The molecule has 88 valence electrons. The van der Waals surface area contributed by atoms with Crippen molar-refractivity contribution in [1.29, 1.82) is 0 Å². The van der Waals surface area contributed by atoms with Crippen LogP contribution < -0.4 is 5.48 Å². The second-order valence-corrected chi connectivity index (χ2v) is 4.60. The summed E-state index contributed by atoms with van der Waals surface area (Å²) in [4.78, 5) is 1.10. The van der Waals surface area contributed by atoms with Gasteiger partial charge in [0.25, 0.3) is 0 Å². The minimum Gasteiger partial charge on any atom is -0.291 e. The second kappa shape index (κ2) is 5.70. The molecule has 2 aromatic carbocycles. The Labute approximate surface area is 103 Å². The number of halogens is 1. The highest BCUT2D eigenvalue weighted by molar-refractivity contribution is 7.98. The summed E-state index contributed by atoms with van der Waals surface area (Å²) in [7, 11) is 0. The summed E-state index contributed by atoms with van der Waals surface area (Å²) >= 11 is 1.67. The number of hydrogen-bond acceptors (Lipinski definition) is 3. The van der Waals surface area contributed by atoms with Crippen molar-refractivity contribution in [3.05, 3.63) is 59.9 Å². The number of thioether (sulfide) groups is 1. The number of rotatable bonds is 4. The molecular formula is C13H12FNOS. The summed E-state index contributed by atoms with van der Waals surface area (Å²) < 4.78 is 12.7. The highest BCUT2D eigenvalue weighted by Crippen LogP contribution is 2.24. The highest BCUT2D eigenvalue weighted by atomic mass is 32.2. The van der Waals surface area contributed by atoms with Crippen LogP contribution in [0.4, 0.5) is 10.1 Å². The average molecular weight is 249 g/mol. The topological polar surface area (TPSA) is 32.3 Å². The van der Waals surface area contributed by atoms with Gasteiger partial charge in [0.2, 0.25) is 0 Å². The molecule has 0 amide bonds. The molecule has 2 aromatic rings. The summed E-state index contributed by atoms with van der Waals surface area (Å²) in [6.07, 6.45) is 0. The smallest absolute Gasteiger partial charge is 0.123 e. The lowest BCUT2D eigenvalue weighted by molar-refractivity contribution is 0.389. The van der Waals surface area contributed by atoms with Gasteiger partial charge in [-0.2, -0.15) is 0 Å². The molecule has 17 heavy (non-hydrogen) atoms. The third-order valence-corrected chi connectivity index (χ3v) is 3.39. The van der Waals surface area contributed by atoms with Crippen LogP contribution in [0.3, 0.4) is 0 Å². The lowest BCUT2D eigenvalue weighted by atomic mass is 10.2. The predicted molar refractivity (Wildman–Crippen MR) is 67.8 cm³/mol. The van der Waals surface area contributed by atoms with Gasteiger partial charge in [0, 0.05) is 10.6 Å². The van der Waals surface area contributed by atoms with E-state index in [9.17, 15) is 4.39 Å². The van der Waals surface area contributed by atoms with Gasteiger partial charge in [-0.1, -0.05) is 12.1 Å². The molecule has 0 saturated heterocycles. The minimum atomic E-state index is -0.211. The van der Waals surface area contributed by atoms with Crippen molar-refractivity contribution in [2.45, 2.75) is 10.6 Å². The van der Waals surface area contributed by atoms with Crippen molar-refractivity contribution in [2.75, 3.05) is 5.48 Å². The maximum absolute atomic E-state index is 12.7. The van der Waals surface area contributed by atoms with Gasteiger partial charge in [0.1, 0.15) is 5.82 Å². The molecule has 2 N–H and O–H groups in total. The van der Waals surface area contributed by atoms with Gasteiger partial charge in [-0.05, 0) is 42.0 Å². The first-order valence-corrected chi connectivity index (χ1v) is 6.14. The monoisotopic (exact) mass is 249 g/mol. The van der Waals surface area contributed by atoms with Crippen LogP contribution in [0.1, 0.15) is 5.56 Å². The molecule has 0 atom stereocenters. The Kier molecular flexibility index (Phi) is 4.01. The average Bonchev–Trinajstić information content (AvgIpc) is 2.39. The fourth-order valence-corrected chi connectivity index (χ4v) is 2.23. The second-order valence-electron chi connectivity index (χ2n) is 3.55. The van der Waals surface area contributed by atoms with Crippen LogP contribution in [0.15, 0.2) is 53.4 Å². The molecule has 0 aromatic heterocycles. The van der Waals surface area contributed by atoms with Crippen LogP contribution in [0.2, 0.25) is 0 Å². The highest BCUT2D eigenvalue weighted by Gasteiger charge is 1.97. The van der Waals surface area contributed by atoms with Crippen molar-refractivity contribution in [2.24, 2.45) is 0 Å². The van der Waals surface area contributed by atoms with Gasteiger partial charge >= 0.3 is 0 Å². The van der Waals surface area contributed by atoms with Crippen molar-refractivity contribution in [3.63, 3.8) is 0 Å². The third kappa shape index (κ3) is 3.47. The number of hydrogen-bond donors (Lipinski definition) is 2. The Morgan fingerprint density at radius 1 is 1.00 bits per heavy atom. The van der Waals surface area contributed by atoms with E-state index < -0.39 is 0 Å². The van der Waals surface area contributed by atoms with Gasteiger partial charge in [0.05, 0.1) is 5.69 Å². The van der Waals surface area contributed by atoms with Crippen molar-refractivity contribution in [1.82, 2.24) is 0 Å². The summed E-state index contributed by atoms with van der Waals surface area (Å²) in [5.74, 6) is 0.587. The van der Waals surface area contributed by atoms with Crippen LogP contribution >= 0.6 is 11.8 Å². The zero-order chi connectivity index (χ0) is 12.1. The molecule has 0 aliphatic heterocycles. The Morgan fingerprint density at radius 3 is 2.24 bits per heavy atom. The molecule has 0 heterocycles. The van der Waals surface area contributed by atoms with Gasteiger partial charge < -0.3 is 0 Å². The zero-order valence-electron chi connectivity index (χ0n) is 9.06. The van der Waals surface area contributed by atoms with E-state index in [-0.39, 0.29) is 5.82 Å². The Hall–Kier alpha value is -1.52. The van der Waals surface area contributed by atoms with Crippen molar-refractivity contribution >= 4 is 17.4 Å². The molecule has 0 aliphatic rings. The quantitative estimate of drug-likeness (QED) is 0.636. The first-order valence-electron chi connectivity index (χ1n) is 5.15. The molecule has 0 spiro atoms. The van der Waals surface area contributed by atoms with E-state index in [0.717, 1.165) is 16.2 Å². The number of benzene rings is 2. The maximum Gasteiger partial charge on any atom is 0.123 e. The van der Waals surface area contributed by atoms with Crippen LogP contribution in [0, 0.1) is 5.82 Å². The van der Waals surface area contributed by atoms with Gasteiger partial charge in [-0.15, -0.1) is 11.8 Å². The van der Waals surface area contributed by atoms with E-state index in [1.165, 1.54) is 12.1 Å². The van der Waals surface area contributed by atoms with Crippen LogP contribution in [0.25, 0.3) is 0 Å². The minimum absolute atomic E-state index is 0.211. The molecule has 2 rings (SSSR count). The Bertz CT molecular complexity index is 470. The predicted octanol–water partition coefficient (Wildman–Crippen LogP) is 3.92. The normalized spacial score (nSPS) is 10.2. The van der Waals surface area contributed by atoms with Crippen LogP contribution in [-0.2, 0) is 5.75 Å². The fourth-order valence-electron chi connectivity index (χ4n) is 1.37. The van der Waals surface area contributed by atoms with E-state index in [2.05, 4.69) is 5.48 Å². The molecule has 4 heteroatoms. The fraction of sp³-hybridized carbons (Fsp3) is 0.0769. The molecule has 0 radical (unpaired) electrons. The van der Waals surface area contributed by atoms with E-state index >= 15 is 0 Å². The number of anilines is 1. The van der Waals surface area contributed by atoms with Gasteiger partial charge in [0.15, 0.2) is 0 Å². The summed E-state index contributed by atoms with van der Waals surface area (Å²) in [6, 6.07) is 13.9. The maximum atomic E-state index is 12.7. The van der Waals surface area contributed by atoms with Crippen LogP contribution in [-0.4, -0.2) is 5.21 Å². The molecule has 0 fully saturated rings. The van der Waals surface area contributed by atoms with E-state index in [0.29, 0.717) is 5.69 Å².